The van der Waals surface area contributed by atoms with Crippen molar-refractivity contribution in [3.05, 3.63) is 47.2 Å². The maximum atomic E-state index is 13.8. The third kappa shape index (κ3) is 3.48. The van der Waals surface area contributed by atoms with Gasteiger partial charge < -0.3 is 5.32 Å². The molecule has 0 amide bonds. The summed E-state index contributed by atoms with van der Waals surface area (Å²) in [6.07, 6.45) is 0. The first-order valence-corrected chi connectivity index (χ1v) is 7.55. The average molecular weight is 291 g/mol. The van der Waals surface area contributed by atoms with Gasteiger partial charge in [0, 0.05) is 11.4 Å². The molecule has 0 radical (unpaired) electrons. The Morgan fingerprint density at radius 1 is 1.20 bits per heavy atom. The summed E-state index contributed by atoms with van der Waals surface area (Å²) in [7, 11) is 0. The quantitative estimate of drug-likeness (QED) is 0.846. The minimum absolute atomic E-state index is 0.292. The number of benzene rings is 1. The van der Waals surface area contributed by atoms with Crippen LogP contribution in [0.4, 0.5) is 10.2 Å². The minimum atomic E-state index is -0.364. The Bertz CT molecular complexity index is 602. The molecular formula is C15H18FN3S. The van der Waals surface area contributed by atoms with Gasteiger partial charge in [-0.25, -0.2) is 14.4 Å². The van der Waals surface area contributed by atoms with Crippen LogP contribution in [0.5, 0.6) is 0 Å². The first-order valence-electron chi connectivity index (χ1n) is 6.57. The van der Waals surface area contributed by atoms with Crippen LogP contribution in [-0.4, -0.2) is 16.5 Å². The average Bonchev–Trinajstić information content (AvgIpc) is 2.43. The number of rotatable bonds is 5. The van der Waals surface area contributed by atoms with E-state index in [9.17, 15) is 4.39 Å². The Hall–Kier alpha value is -1.62. The molecule has 2 aromatic rings. The van der Waals surface area contributed by atoms with Crippen LogP contribution >= 0.6 is 11.8 Å². The molecule has 0 bridgehead atoms. The van der Waals surface area contributed by atoms with Crippen molar-refractivity contribution < 1.29 is 4.39 Å². The lowest BCUT2D eigenvalue weighted by Crippen LogP contribution is -2.08. The molecule has 20 heavy (non-hydrogen) atoms. The van der Waals surface area contributed by atoms with Gasteiger partial charge in [-0.3, -0.25) is 0 Å². The highest BCUT2D eigenvalue weighted by Crippen LogP contribution is 2.25. The second-order valence-corrected chi connectivity index (χ2v) is 5.49. The van der Waals surface area contributed by atoms with Crippen molar-refractivity contribution in [2.45, 2.75) is 31.4 Å². The molecule has 0 aliphatic rings. The monoisotopic (exact) mass is 291 g/mol. The van der Waals surface area contributed by atoms with Gasteiger partial charge in [0.2, 0.25) is 0 Å². The number of hydrogen-bond donors (Lipinski definition) is 1. The van der Waals surface area contributed by atoms with Gasteiger partial charge in [-0.1, -0.05) is 18.2 Å². The molecule has 106 valence electrons. The number of nitrogens with one attached hydrogen (secondary N) is 1. The summed E-state index contributed by atoms with van der Waals surface area (Å²) in [6.45, 7) is 6.29. The van der Waals surface area contributed by atoms with E-state index >= 15 is 0 Å². The zero-order valence-electron chi connectivity index (χ0n) is 11.9. The highest BCUT2D eigenvalue weighted by Gasteiger charge is 2.11. The molecule has 0 saturated heterocycles. The Morgan fingerprint density at radius 2 is 1.95 bits per heavy atom. The lowest BCUT2D eigenvalue weighted by atomic mass is 10.2. The Labute approximate surface area is 123 Å². The van der Waals surface area contributed by atoms with Gasteiger partial charge in [0.25, 0.3) is 0 Å². The van der Waals surface area contributed by atoms with Gasteiger partial charge >= 0.3 is 0 Å². The Balaban J connectivity index is 2.16. The fraction of sp³-hybridized carbons (Fsp3) is 0.333. The first kappa shape index (κ1) is 14.8. The van der Waals surface area contributed by atoms with Crippen molar-refractivity contribution in [3.63, 3.8) is 0 Å². The number of nitrogens with zero attached hydrogens (tertiary/aromatic N) is 2. The number of thioether (sulfide) groups is 1. The van der Waals surface area contributed by atoms with Crippen LogP contribution in [0, 0.1) is 19.7 Å². The minimum Gasteiger partial charge on any atom is -0.368 e. The normalized spacial score (nSPS) is 10.6. The molecule has 0 aliphatic carbocycles. The highest BCUT2D eigenvalue weighted by atomic mass is 32.2. The molecular weight excluding hydrogens is 273 g/mol. The van der Waals surface area contributed by atoms with Gasteiger partial charge in [-0.2, -0.15) is 0 Å². The van der Waals surface area contributed by atoms with E-state index in [0.29, 0.717) is 29.6 Å². The maximum Gasteiger partial charge on any atom is 0.186 e. The molecule has 1 aromatic heterocycles. The summed E-state index contributed by atoms with van der Waals surface area (Å²) in [5.41, 5.74) is 1.61. The SMILES string of the molecule is CCNc1nc(CSc2ccccc2C)nc(C)c1F. The van der Waals surface area contributed by atoms with E-state index in [1.807, 2.05) is 19.1 Å². The van der Waals surface area contributed by atoms with E-state index in [-0.39, 0.29) is 5.82 Å². The molecule has 0 aliphatic heterocycles. The standard InChI is InChI=1S/C15H18FN3S/c1-4-17-15-14(16)11(3)18-13(19-15)9-20-12-8-6-5-7-10(12)2/h5-8H,4,9H2,1-3H3,(H,17,18,19). The Kier molecular flexibility index (Phi) is 4.95. The zero-order valence-corrected chi connectivity index (χ0v) is 12.7. The summed E-state index contributed by atoms with van der Waals surface area (Å²) >= 11 is 1.67. The van der Waals surface area contributed by atoms with E-state index in [1.165, 1.54) is 10.5 Å². The van der Waals surface area contributed by atoms with Crippen LogP contribution < -0.4 is 5.32 Å². The van der Waals surface area contributed by atoms with Crippen LogP contribution in [0.3, 0.4) is 0 Å². The number of anilines is 1. The molecule has 0 fully saturated rings. The molecule has 0 unspecified atom stereocenters. The molecule has 5 heteroatoms. The molecule has 0 atom stereocenters. The van der Waals surface area contributed by atoms with Gasteiger partial charge in [-0.15, -0.1) is 11.8 Å². The molecule has 2 rings (SSSR count). The van der Waals surface area contributed by atoms with Crippen LogP contribution in [-0.2, 0) is 5.75 Å². The predicted molar refractivity (Wildman–Crippen MR) is 81.6 cm³/mol. The largest absolute Gasteiger partial charge is 0.368 e. The lowest BCUT2D eigenvalue weighted by molar-refractivity contribution is 0.602. The van der Waals surface area contributed by atoms with Crippen molar-refractivity contribution in [2.75, 3.05) is 11.9 Å². The van der Waals surface area contributed by atoms with Gasteiger partial charge in [0.15, 0.2) is 11.6 Å². The third-order valence-corrected chi connectivity index (χ3v) is 4.03. The van der Waals surface area contributed by atoms with E-state index in [4.69, 9.17) is 0 Å². The van der Waals surface area contributed by atoms with Crippen molar-refractivity contribution in [2.24, 2.45) is 0 Å². The van der Waals surface area contributed by atoms with Gasteiger partial charge in [0.05, 0.1) is 11.4 Å². The molecule has 1 aromatic carbocycles. The summed E-state index contributed by atoms with van der Waals surface area (Å²) in [4.78, 5) is 9.66. The second kappa shape index (κ2) is 6.70. The van der Waals surface area contributed by atoms with Crippen LogP contribution in [0.15, 0.2) is 29.2 Å². The van der Waals surface area contributed by atoms with E-state index in [1.54, 1.807) is 18.7 Å². The Morgan fingerprint density at radius 3 is 2.65 bits per heavy atom. The molecule has 1 heterocycles. The number of hydrogen-bond acceptors (Lipinski definition) is 4. The topological polar surface area (TPSA) is 37.8 Å². The molecule has 1 N–H and O–H groups in total. The van der Waals surface area contributed by atoms with Crippen LogP contribution in [0.2, 0.25) is 0 Å². The van der Waals surface area contributed by atoms with Gasteiger partial charge in [-0.05, 0) is 32.4 Å². The summed E-state index contributed by atoms with van der Waals surface area (Å²) in [5.74, 6) is 1.20. The van der Waals surface area contributed by atoms with Gasteiger partial charge in [0.1, 0.15) is 5.82 Å². The van der Waals surface area contributed by atoms with Crippen molar-refractivity contribution >= 4 is 17.6 Å². The smallest absolute Gasteiger partial charge is 0.186 e. The molecule has 3 nitrogen and oxygen atoms in total. The van der Waals surface area contributed by atoms with E-state index in [0.717, 1.165) is 0 Å². The second-order valence-electron chi connectivity index (χ2n) is 4.47. The van der Waals surface area contributed by atoms with E-state index in [2.05, 4.69) is 34.3 Å². The summed E-state index contributed by atoms with van der Waals surface area (Å²) in [6, 6.07) is 8.17. The van der Waals surface area contributed by atoms with Crippen molar-refractivity contribution in [1.82, 2.24) is 9.97 Å². The van der Waals surface area contributed by atoms with E-state index < -0.39 is 0 Å². The van der Waals surface area contributed by atoms with Crippen LogP contribution in [0.25, 0.3) is 0 Å². The van der Waals surface area contributed by atoms with Crippen molar-refractivity contribution in [1.29, 1.82) is 0 Å². The summed E-state index contributed by atoms with van der Waals surface area (Å²) in [5, 5.41) is 2.93. The molecule has 0 saturated carbocycles. The zero-order chi connectivity index (χ0) is 14.5. The summed E-state index contributed by atoms with van der Waals surface area (Å²) < 4.78 is 13.8. The third-order valence-electron chi connectivity index (χ3n) is 2.86. The fourth-order valence-electron chi connectivity index (χ4n) is 1.83. The maximum absolute atomic E-state index is 13.8. The predicted octanol–water partition coefficient (Wildman–Crippen LogP) is 3.96. The highest BCUT2D eigenvalue weighted by molar-refractivity contribution is 7.98. The van der Waals surface area contributed by atoms with Crippen molar-refractivity contribution in [3.8, 4) is 0 Å². The number of halogens is 1. The first-order chi connectivity index (χ1) is 9.61. The fourth-order valence-corrected chi connectivity index (χ4v) is 2.71. The number of aryl methyl sites for hydroxylation is 2. The molecule has 0 spiro atoms. The lowest BCUT2D eigenvalue weighted by Gasteiger charge is -2.09. The number of aromatic nitrogens is 2. The van der Waals surface area contributed by atoms with Crippen LogP contribution in [0.1, 0.15) is 24.0 Å².